The molecule has 0 saturated heterocycles. The highest BCUT2D eigenvalue weighted by atomic mass is 32.1. The van der Waals surface area contributed by atoms with Gasteiger partial charge in [-0.1, -0.05) is 32.0 Å². The Labute approximate surface area is 188 Å². The van der Waals surface area contributed by atoms with Gasteiger partial charge in [-0.15, -0.1) is 0 Å². The number of amides is 1. The van der Waals surface area contributed by atoms with Crippen LogP contribution in [0.1, 0.15) is 54.0 Å². The van der Waals surface area contributed by atoms with Gasteiger partial charge in [0, 0.05) is 36.6 Å². The lowest BCUT2D eigenvalue weighted by atomic mass is 10.1. The summed E-state index contributed by atoms with van der Waals surface area (Å²) in [5.74, 6) is 2.16. The molecule has 31 heavy (non-hydrogen) atoms. The average molecular weight is 440 g/mol. The molecule has 7 heteroatoms. The molecule has 0 bridgehead atoms. The van der Waals surface area contributed by atoms with Crippen molar-refractivity contribution in [1.82, 2.24) is 14.3 Å². The molecule has 0 aliphatic carbocycles. The van der Waals surface area contributed by atoms with E-state index in [9.17, 15) is 4.79 Å². The zero-order valence-corrected chi connectivity index (χ0v) is 19.4. The fourth-order valence-corrected chi connectivity index (χ4v) is 3.85. The number of rotatable bonds is 10. The molecule has 0 atom stereocenters. The van der Waals surface area contributed by atoms with Crippen LogP contribution in [0.15, 0.2) is 42.5 Å². The highest BCUT2D eigenvalue weighted by Crippen LogP contribution is 2.28. The number of carbonyl (C=O) groups is 1. The van der Waals surface area contributed by atoms with Crippen LogP contribution in [0.3, 0.4) is 0 Å². The number of hydrogen-bond acceptors (Lipinski definition) is 6. The molecule has 0 fully saturated rings. The highest BCUT2D eigenvalue weighted by molar-refractivity contribution is 7.07. The van der Waals surface area contributed by atoms with E-state index in [1.54, 1.807) is 13.2 Å². The number of hydrogen-bond donors (Lipinski definition) is 0. The Morgan fingerprint density at radius 3 is 2.58 bits per heavy atom. The van der Waals surface area contributed by atoms with Gasteiger partial charge in [-0.2, -0.15) is 9.36 Å². The second kappa shape index (κ2) is 10.9. The van der Waals surface area contributed by atoms with Crippen molar-refractivity contribution in [3.05, 3.63) is 65.0 Å². The summed E-state index contributed by atoms with van der Waals surface area (Å²) in [6.45, 7) is 7.62. The van der Waals surface area contributed by atoms with Crippen molar-refractivity contribution in [1.29, 1.82) is 0 Å². The third-order valence-electron chi connectivity index (χ3n) is 4.85. The number of ether oxygens (including phenoxy) is 2. The second-order valence-electron chi connectivity index (χ2n) is 7.38. The van der Waals surface area contributed by atoms with Crippen molar-refractivity contribution in [2.24, 2.45) is 0 Å². The van der Waals surface area contributed by atoms with Crippen LogP contribution >= 0.6 is 11.5 Å². The van der Waals surface area contributed by atoms with Crippen LogP contribution in [0.4, 0.5) is 0 Å². The monoisotopic (exact) mass is 439 g/mol. The van der Waals surface area contributed by atoms with Crippen LogP contribution in [-0.2, 0) is 6.42 Å². The molecule has 0 unspecified atom stereocenters. The van der Waals surface area contributed by atoms with E-state index < -0.39 is 0 Å². The molecule has 164 valence electrons. The first-order chi connectivity index (χ1) is 15.0. The maximum absolute atomic E-state index is 12.9. The molecule has 1 heterocycles. The van der Waals surface area contributed by atoms with Crippen LogP contribution in [-0.4, -0.2) is 40.4 Å². The highest BCUT2D eigenvalue weighted by Gasteiger charge is 2.17. The van der Waals surface area contributed by atoms with Crippen LogP contribution in [0, 0.1) is 6.92 Å². The Balaban J connectivity index is 1.74. The smallest absolute Gasteiger partial charge is 0.298 e. The van der Waals surface area contributed by atoms with Crippen molar-refractivity contribution in [2.75, 3.05) is 20.2 Å². The van der Waals surface area contributed by atoms with E-state index in [4.69, 9.17) is 9.47 Å². The summed E-state index contributed by atoms with van der Waals surface area (Å²) < 4.78 is 15.7. The van der Waals surface area contributed by atoms with E-state index in [0.717, 1.165) is 42.8 Å². The van der Waals surface area contributed by atoms with Crippen molar-refractivity contribution in [2.45, 2.75) is 40.0 Å². The van der Waals surface area contributed by atoms with Gasteiger partial charge in [-0.3, -0.25) is 4.79 Å². The van der Waals surface area contributed by atoms with Gasteiger partial charge in [0.15, 0.2) is 5.82 Å². The predicted octanol–water partition coefficient (Wildman–Crippen LogP) is 5.50. The normalized spacial score (nSPS) is 10.7. The van der Waals surface area contributed by atoms with Gasteiger partial charge in [0.05, 0.1) is 7.11 Å². The number of aromatic nitrogens is 2. The minimum Gasteiger partial charge on any atom is -0.497 e. The van der Waals surface area contributed by atoms with Gasteiger partial charge in [0.25, 0.3) is 11.1 Å². The Hall–Kier alpha value is -2.93. The zero-order chi connectivity index (χ0) is 22.2. The Bertz CT molecular complexity index is 1010. The molecular weight excluding hydrogens is 410 g/mol. The Kier molecular flexibility index (Phi) is 8.00. The van der Waals surface area contributed by atoms with Crippen LogP contribution in [0.5, 0.6) is 16.7 Å². The van der Waals surface area contributed by atoms with Crippen LogP contribution in [0.25, 0.3) is 0 Å². The lowest BCUT2D eigenvalue weighted by molar-refractivity contribution is 0.0755. The lowest BCUT2D eigenvalue weighted by Crippen LogP contribution is -2.32. The summed E-state index contributed by atoms with van der Waals surface area (Å²) in [7, 11) is 1.65. The summed E-state index contributed by atoms with van der Waals surface area (Å²) >= 11 is 1.21. The Morgan fingerprint density at radius 1 is 1.10 bits per heavy atom. The first-order valence-electron chi connectivity index (χ1n) is 10.6. The molecule has 3 aromatic rings. The van der Waals surface area contributed by atoms with Crippen molar-refractivity contribution >= 4 is 17.4 Å². The average Bonchev–Trinajstić information content (AvgIpc) is 3.21. The first-order valence-corrected chi connectivity index (χ1v) is 11.3. The molecule has 0 radical (unpaired) electrons. The molecule has 3 rings (SSSR count). The van der Waals surface area contributed by atoms with E-state index >= 15 is 0 Å². The third kappa shape index (κ3) is 6.04. The lowest BCUT2D eigenvalue weighted by Gasteiger charge is -2.22. The van der Waals surface area contributed by atoms with Crippen molar-refractivity contribution in [3.63, 3.8) is 0 Å². The molecular formula is C24H29N3O3S. The second-order valence-corrected chi connectivity index (χ2v) is 8.09. The Morgan fingerprint density at radius 2 is 1.87 bits per heavy atom. The fraction of sp³-hybridized carbons (Fsp3) is 0.375. The van der Waals surface area contributed by atoms with E-state index in [1.807, 2.05) is 48.2 Å². The fourth-order valence-electron chi connectivity index (χ4n) is 3.29. The number of benzene rings is 2. The molecule has 0 saturated carbocycles. The molecule has 0 N–H and O–H groups in total. The largest absolute Gasteiger partial charge is 0.497 e. The zero-order valence-electron chi connectivity index (χ0n) is 18.6. The molecule has 0 aliphatic rings. The van der Waals surface area contributed by atoms with Gasteiger partial charge >= 0.3 is 0 Å². The quantitative estimate of drug-likeness (QED) is 0.417. The van der Waals surface area contributed by atoms with Gasteiger partial charge < -0.3 is 14.4 Å². The minimum atomic E-state index is 0.0320. The summed E-state index contributed by atoms with van der Waals surface area (Å²) in [5.41, 5.74) is 2.64. The standard InChI is InChI=1S/C24H29N3O3S/c1-5-12-27(13-6-2)23(28)19-11-10-17(3)21(16-19)30-24-25-22(26-31-24)15-18-8-7-9-20(14-18)29-4/h7-11,14,16H,5-6,12-13,15H2,1-4H3. The topological polar surface area (TPSA) is 64.6 Å². The third-order valence-corrected chi connectivity index (χ3v) is 5.49. The number of methoxy groups -OCH3 is 1. The maximum Gasteiger partial charge on any atom is 0.298 e. The van der Waals surface area contributed by atoms with Gasteiger partial charge in [0.1, 0.15) is 11.5 Å². The van der Waals surface area contributed by atoms with Crippen LogP contribution in [0.2, 0.25) is 0 Å². The van der Waals surface area contributed by atoms with Crippen molar-refractivity contribution < 1.29 is 14.3 Å². The maximum atomic E-state index is 12.9. The van der Waals surface area contributed by atoms with E-state index in [1.165, 1.54) is 11.5 Å². The van der Waals surface area contributed by atoms with Gasteiger partial charge in [-0.25, -0.2) is 0 Å². The predicted molar refractivity (Wildman–Crippen MR) is 123 cm³/mol. The van der Waals surface area contributed by atoms with E-state index in [2.05, 4.69) is 23.2 Å². The summed E-state index contributed by atoms with van der Waals surface area (Å²) in [4.78, 5) is 19.3. The van der Waals surface area contributed by atoms with E-state index in [-0.39, 0.29) is 5.91 Å². The minimum absolute atomic E-state index is 0.0320. The number of aryl methyl sites for hydroxylation is 1. The molecule has 0 spiro atoms. The SMILES string of the molecule is CCCN(CCC)C(=O)c1ccc(C)c(Oc2nc(Cc3cccc(OC)c3)ns2)c1. The summed E-state index contributed by atoms with van der Waals surface area (Å²) in [6.07, 6.45) is 2.46. The van der Waals surface area contributed by atoms with E-state index in [0.29, 0.717) is 28.8 Å². The first kappa shape index (κ1) is 22.7. The van der Waals surface area contributed by atoms with Gasteiger partial charge in [-0.05, 0) is 55.2 Å². The molecule has 2 aromatic carbocycles. The van der Waals surface area contributed by atoms with Crippen molar-refractivity contribution in [3.8, 4) is 16.7 Å². The molecule has 6 nitrogen and oxygen atoms in total. The molecule has 1 aromatic heterocycles. The number of nitrogens with zero attached hydrogens (tertiary/aromatic N) is 3. The summed E-state index contributed by atoms with van der Waals surface area (Å²) in [6, 6.07) is 13.4. The molecule has 0 aliphatic heterocycles. The van der Waals surface area contributed by atoms with Gasteiger partial charge in [0.2, 0.25) is 0 Å². The summed E-state index contributed by atoms with van der Waals surface area (Å²) in [5, 5.41) is 0.463. The molecule has 1 amide bonds. The number of carbonyl (C=O) groups excluding carboxylic acids is 1. The van der Waals surface area contributed by atoms with Crippen LogP contribution < -0.4 is 9.47 Å².